The molecule has 5 rings (SSSR count). The lowest BCUT2D eigenvalue weighted by Crippen LogP contribution is -2.59. The zero-order valence-electron chi connectivity index (χ0n) is 19.9. The fraction of sp³-hybridized carbons (Fsp3) is 0.731. The molecule has 2 amide bonds. The van der Waals surface area contributed by atoms with Crippen molar-refractivity contribution >= 4 is 17.8 Å². The molecule has 1 spiro atoms. The highest BCUT2D eigenvalue weighted by Crippen LogP contribution is 2.54. The molecule has 8 heteroatoms. The number of aliphatic hydroxyl groups is 1. The average Bonchev–Trinajstić information content (AvgIpc) is 3.26. The van der Waals surface area contributed by atoms with Crippen molar-refractivity contribution in [1.82, 2.24) is 9.80 Å². The molecule has 34 heavy (non-hydrogen) atoms. The molecule has 4 heterocycles. The summed E-state index contributed by atoms with van der Waals surface area (Å²) in [4.78, 5) is 44.9. The number of fused-ring (bicyclic) bond motifs is 2. The molecule has 1 N–H and O–H groups in total. The molecule has 0 aromatic heterocycles. The van der Waals surface area contributed by atoms with Gasteiger partial charge in [-0.05, 0) is 32.1 Å². The van der Waals surface area contributed by atoms with Crippen molar-refractivity contribution in [3.8, 4) is 0 Å². The Bertz CT molecular complexity index is 877. The van der Waals surface area contributed by atoms with Crippen molar-refractivity contribution in [3.63, 3.8) is 0 Å². The van der Waals surface area contributed by atoms with E-state index < -0.39 is 41.6 Å². The van der Waals surface area contributed by atoms with E-state index in [0.717, 1.165) is 38.5 Å². The summed E-state index contributed by atoms with van der Waals surface area (Å²) >= 11 is 0. The van der Waals surface area contributed by atoms with Gasteiger partial charge in [-0.2, -0.15) is 0 Å². The highest BCUT2D eigenvalue weighted by Gasteiger charge is 2.72. The summed E-state index contributed by atoms with van der Waals surface area (Å²) in [5.41, 5.74) is -1.25. The number of aliphatic hydroxyl groups excluding tert-OH is 1. The van der Waals surface area contributed by atoms with E-state index in [9.17, 15) is 19.5 Å². The number of hydrogen-bond acceptors (Lipinski definition) is 6. The molecule has 0 aromatic rings. The topological polar surface area (TPSA) is 96.4 Å². The summed E-state index contributed by atoms with van der Waals surface area (Å²) in [6.45, 7) is 2.41. The first-order chi connectivity index (χ1) is 16.5. The second-order valence-electron chi connectivity index (χ2n) is 10.3. The van der Waals surface area contributed by atoms with Gasteiger partial charge in [0.1, 0.15) is 17.6 Å². The van der Waals surface area contributed by atoms with Gasteiger partial charge in [0.15, 0.2) is 0 Å². The first-order valence-electron chi connectivity index (χ1n) is 13.0. The van der Waals surface area contributed by atoms with Crippen LogP contribution in [-0.2, 0) is 23.9 Å². The highest BCUT2D eigenvalue weighted by atomic mass is 16.6. The Morgan fingerprint density at radius 3 is 2.65 bits per heavy atom. The molecule has 2 saturated heterocycles. The van der Waals surface area contributed by atoms with Crippen LogP contribution >= 0.6 is 0 Å². The van der Waals surface area contributed by atoms with Crippen molar-refractivity contribution in [2.45, 2.75) is 88.1 Å². The smallest absolute Gasteiger partial charge is 0.312 e. The van der Waals surface area contributed by atoms with E-state index in [1.807, 2.05) is 36.1 Å². The molecule has 1 unspecified atom stereocenters. The second-order valence-corrected chi connectivity index (χ2v) is 10.3. The van der Waals surface area contributed by atoms with Gasteiger partial charge in [0.2, 0.25) is 11.8 Å². The van der Waals surface area contributed by atoms with Crippen LogP contribution in [0.3, 0.4) is 0 Å². The van der Waals surface area contributed by atoms with Crippen LogP contribution < -0.4 is 0 Å². The van der Waals surface area contributed by atoms with Crippen LogP contribution in [0.1, 0.15) is 58.3 Å². The number of likely N-dealkylation sites (tertiary alicyclic amines) is 1. The SMILES string of the molecule is CC[C@@H](CO)N1C(=O)[C@@H]2[C@@H]3C(=O)OCCC/C=C\[C@@H]3O[C@@]23C=CCN(C2CCCCC2)C(=O)C13. The molecule has 4 aliphatic heterocycles. The van der Waals surface area contributed by atoms with Crippen molar-refractivity contribution < 1.29 is 29.0 Å². The predicted molar refractivity (Wildman–Crippen MR) is 123 cm³/mol. The summed E-state index contributed by atoms with van der Waals surface area (Å²) in [7, 11) is 0. The van der Waals surface area contributed by atoms with E-state index in [0.29, 0.717) is 19.6 Å². The summed E-state index contributed by atoms with van der Waals surface area (Å²) < 4.78 is 12.1. The number of amides is 2. The Hall–Kier alpha value is -2.19. The lowest BCUT2D eigenvalue weighted by atomic mass is 9.78. The van der Waals surface area contributed by atoms with Crippen LogP contribution in [0.25, 0.3) is 0 Å². The van der Waals surface area contributed by atoms with Gasteiger partial charge in [-0.3, -0.25) is 14.4 Å². The fourth-order valence-corrected chi connectivity index (χ4v) is 6.74. The summed E-state index contributed by atoms with van der Waals surface area (Å²) in [5.74, 6) is -2.55. The van der Waals surface area contributed by atoms with Crippen molar-refractivity contribution in [3.05, 3.63) is 24.3 Å². The van der Waals surface area contributed by atoms with Crippen LogP contribution in [0.2, 0.25) is 0 Å². The zero-order valence-corrected chi connectivity index (χ0v) is 19.9. The van der Waals surface area contributed by atoms with Crippen LogP contribution in [0, 0.1) is 11.8 Å². The van der Waals surface area contributed by atoms with Crippen LogP contribution in [0.5, 0.6) is 0 Å². The quantitative estimate of drug-likeness (QED) is 0.496. The molecule has 0 radical (unpaired) electrons. The molecule has 0 bridgehead atoms. The molecule has 1 saturated carbocycles. The van der Waals surface area contributed by atoms with E-state index >= 15 is 0 Å². The number of esters is 1. The number of hydrogen-bond donors (Lipinski definition) is 1. The van der Waals surface area contributed by atoms with Gasteiger partial charge in [-0.25, -0.2) is 0 Å². The third-order valence-electron chi connectivity index (χ3n) is 8.41. The first-order valence-corrected chi connectivity index (χ1v) is 13.0. The minimum atomic E-state index is -1.25. The minimum Gasteiger partial charge on any atom is -0.465 e. The molecule has 5 aliphatic rings. The monoisotopic (exact) mass is 472 g/mol. The Morgan fingerprint density at radius 2 is 1.91 bits per heavy atom. The molecule has 0 aromatic carbocycles. The molecule has 8 nitrogen and oxygen atoms in total. The van der Waals surface area contributed by atoms with Gasteiger partial charge in [-0.15, -0.1) is 0 Å². The summed E-state index contributed by atoms with van der Waals surface area (Å²) in [6, 6.07) is -1.29. The second kappa shape index (κ2) is 9.46. The van der Waals surface area contributed by atoms with E-state index in [1.54, 1.807) is 4.90 Å². The van der Waals surface area contributed by atoms with Gasteiger partial charge in [0.05, 0.1) is 31.3 Å². The van der Waals surface area contributed by atoms with Gasteiger partial charge in [0.25, 0.3) is 0 Å². The minimum absolute atomic E-state index is 0.134. The van der Waals surface area contributed by atoms with Gasteiger partial charge >= 0.3 is 5.97 Å². The molecular formula is C26H36N2O6. The molecule has 186 valence electrons. The van der Waals surface area contributed by atoms with Gasteiger partial charge in [0, 0.05) is 12.6 Å². The Kier molecular flexibility index (Phi) is 6.55. The van der Waals surface area contributed by atoms with E-state index in [4.69, 9.17) is 9.47 Å². The number of nitrogens with zero attached hydrogens (tertiary/aromatic N) is 2. The summed E-state index contributed by atoms with van der Waals surface area (Å²) in [6.07, 6.45) is 14.3. The maximum Gasteiger partial charge on any atom is 0.312 e. The molecule has 1 aliphatic carbocycles. The largest absolute Gasteiger partial charge is 0.465 e. The maximum atomic E-state index is 14.2. The Labute approximate surface area is 200 Å². The molecule has 3 fully saturated rings. The predicted octanol–water partition coefficient (Wildman–Crippen LogP) is 1.96. The van der Waals surface area contributed by atoms with Gasteiger partial charge in [-0.1, -0.05) is 50.5 Å². The van der Waals surface area contributed by atoms with Crippen LogP contribution in [-0.4, -0.2) is 82.3 Å². The average molecular weight is 473 g/mol. The molecular weight excluding hydrogens is 436 g/mol. The van der Waals surface area contributed by atoms with Crippen LogP contribution in [0.4, 0.5) is 0 Å². The fourth-order valence-electron chi connectivity index (χ4n) is 6.74. The summed E-state index contributed by atoms with van der Waals surface area (Å²) in [5, 5.41) is 10.1. The Morgan fingerprint density at radius 1 is 1.12 bits per heavy atom. The van der Waals surface area contributed by atoms with Crippen LogP contribution in [0.15, 0.2) is 24.3 Å². The normalized spacial score (nSPS) is 38.2. The van der Waals surface area contributed by atoms with Gasteiger partial charge < -0.3 is 24.4 Å². The number of rotatable bonds is 4. The number of ether oxygens (including phenoxy) is 2. The lowest BCUT2D eigenvalue weighted by molar-refractivity contribution is -0.156. The third-order valence-corrected chi connectivity index (χ3v) is 8.41. The lowest BCUT2D eigenvalue weighted by Gasteiger charge is -2.41. The number of allylic oxidation sites excluding steroid dienone is 1. The van der Waals surface area contributed by atoms with Crippen molar-refractivity contribution in [2.24, 2.45) is 11.8 Å². The molecule has 6 atom stereocenters. The highest BCUT2D eigenvalue weighted by molar-refractivity contribution is 5.99. The third kappa shape index (κ3) is 3.61. The first kappa shape index (κ1) is 23.5. The van der Waals surface area contributed by atoms with Crippen molar-refractivity contribution in [1.29, 1.82) is 0 Å². The number of cyclic esters (lactones) is 1. The maximum absolute atomic E-state index is 14.2. The Balaban J connectivity index is 1.60. The standard InChI is InChI=1S/C26H36N2O6/c1-2-17(16-29)28-22-24(31)27(18-10-5-3-6-11-18)14-9-13-26(22)21(23(28)30)20-19(34-26)12-7-4-8-15-33-25(20)32/h7,9,12-13,17-22,29H,2-6,8,10-11,14-16H2,1H3/b12-7-/t17-,19-,20+,21-,22?,26-/m0/s1. The van der Waals surface area contributed by atoms with E-state index in [1.165, 1.54) is 6.42 Å². The zero-order chi connectivity index (χ0) is 23.9. The van der Waals surface area contributed by atoms with E-state index in [-0.39, 0.29) is 24.5 Å². The number of carbonyl (C=O) groups excluding carboxylic acids is 3. The van der Waals surface area contributed by atoms with Crippen molar-refractivity contribution in [2.75, 3.05) is 19.8 Å². The number of carbonyl (C=O) groups is 3. The van der Waals surface area contributed by atoms with E-state index in [2.05, 4.69) is 0 Å².